The predicted molar refractivity (Wildman–Crippen MR) is 64.1 cm³/mol. The summed E-state index contributed by atoms with van der Waals surface area (Å²) in [5.74, 6) is 1.54. The zero-order chi connectivity index (χ0) is 11.4. The fourth-order valence-corrected chi connectivity index (χ4v) is 1.62. The van der Waals surface area contributed by atoms with Gasteiger partial charge in [0.15, 0.2) is 11.5 Å². The molecule has 16 heavy (non-hydrogen) atoms. The van der Waals surface area contributed by atoms with Gasteiger partial charge in [-0.1, -0.05) is 6.07 Å². The predicted octanol–water partition coefficient (Wildman–Crippen LogP) is 3.03. The van der Waals surface area contributed by atoms with E-state index >= 15 is 0 Å². The average Bonchev–Trinajstić information content (AvgIpc) is 2.30. The lowest BCUT2D eigenvalue weighted by molar-refractivity contribution is 0.288. The van der Waals surface area contributed by atoms with E-state index in [0.717, 1.165) is 22.4 Å². The molecule has 0 saturated carbocycles. The summed E-state index contributed by atoms with van der Waals surface area (Å²) in [7, 11) is 0. The van der Waals surface area contributed by atoms with E-state index in [2.05, 4.69) is 4.98 Å². The average molecular weight is 217 g/mol. The Hall–Kier alpha value is -1.77. The van der Waals surface area contributed by atoms with Crippen LogP contribution in [-0.2, 0) is 0 Å². The molecule has 0 saturated heterocycles. The molecule has 1 aromatic carbocycles. The fraction of sp³-hybridized carbons (Fsp3) is 0.308. The van der Waals surface area contributed by atoms with Crippen molar-refractivity contribution in [3.63, 3.8) is 0 Å². The van der Waals surface area contributed by atoms with E-state index < -0.39 is 0 Å². The normalized spacial score (nSPS) is 10.4. The molecule has 0 bridgehead atoms. The van der Waals surface area contributed by atoms with Crippen molar-refractivity contribution in [3.05, 3.63) is 30.5 Å². The maximum Gasteiger partial charge on any atom is 0.163 e. The van der Waals surface area contributed by atoms with Crippen LogP contribution in [0, 0.1) is 0 Å². The molecule has 2 aromatic rings. The van der Waals surface area contributed by atoms with Gasteiger partial charge in [0.05, 0.1) is 18.7 Å². The molecule has 0 aliphatic rings. The molecule has 2 rings (SSSR count). The van der Waals surface area contributed by atoms with Crippen molar-refractivity contribution in [2.24, 2.45) is 0 Å². The Morgan fingerprint density at radius 1 is 1.06 bits per heavy atom. The van der Waals surface area contributed by atoms with Gasteiger partial charge in [-0.3, -0.25) is 4.98 Å². The second kappa shape index (κ2) is 4.84. The van der Waals surface area contributed by atoms with Gasteiger partial charge in [0.2, 0.25) is 0 Å². The van der Waals surface area contributed by atoms with Gasteiger partial charge < -0.3 is 9.47 Å². The number of fused-ring (bicyclic) bond motifs is 1. The number of nitrogens with zero attached hydrogens (tertiary/aromatic N) is 1. The summed E-state index contributed by atoms with van der Waals surface area (Å²) >= 11 is 0. The molecule has 1 heterocycles. The van der Waals surface area contributed by atoms with Gasteiger partial charge in [0.25, 0.3) is 0 Å². The summed E-state index contributed by atoms with van der Waals surface area (Å²) in [6.07, 6.45) is 1.78. The van der Waals surface area contributed by atoms with Crippen LogP contribution < -0.4 is 9.47 Å². The number of ether oxygens (including phenoxy) is 2. The van der Waals surface area contributed by atoms with E-state index in [4.69, 9.17) is 9.47 Å². The van der Waals surface area contributed by atoms with Gasteiger partial charge >= 0.3 is 0 Å². The van der Waals surface area contributed by atoms with Crippen LogP contribution in [0.1, 0.15) is 13.8 Å². The highest BCUT2D eigenvalue weighted by molar-refractivity contribution is 5.82. The first-order chi connectivity index (χ1) is 7.85. The van der Waals surface area contributed by atoms with Crippen LogP contribution in [0.15, 0.2) is 30.5 Å². The third-order valence-corrected chi connectivity index (χ3v) is 2.27. The molecule has 0 radical (unpaired) electrons. The first-order valence-electron chi connectivity index (χ1n) is 5.49. The van der Waals surface area contributed by atoms with E-state index in [1.165, 1.54) is 0 Å². The zero-order valence-corrected chi connectivity index (χ0v) is 9.56. The number of pyridine rings is 1. The molecule has 84 valence electrons. The third-order valence-electron chi connectivity index (χ3n) is 2.27. The minimum atomic E-state index is 0.623. The molecule has 0 aliphatic carbocycles. The zero-order valence-electron chi connectivity index (χ0n) is 9.56. The summed E-state index contributed by atoms with van der Waals surface area (Å²) in [5.41, 5.74) is 0.925. The molecule has 3 nitrogen and oxygen atoms in total. The monoisotopic (exact) mass is 217 g/mol. The van der Waals surface area contributed by atoms with Crippen molar-refractivity contribution < 1.29 is 9.47 Å². The van der Waals surface area contributed by atoms with E-state index in [1.807, 2.05) is 38.1 Å². The number of hydrogen-bond donors (Lipinski definition) is 0. The highest BCUT2D eigenvalue weighted by Gasteiger charge is 2.07. The molecule has 0 N–H and O–H groups in total. The molecule has 0 fully saturated rings. The Morgan fingerprint density at radius 2 is 1.75 bits per heavy atom. The van der Waals surface area contributed by atoms with Crippen LogP contribution in [0.3, 0.4) is 0 Å². The van der Waals surface area contributed by atoms with Gasteiger partial charge in [0.1, 0.15) is 0 Å². The summed E-state index contributed by atoms with van der Waals surface area (Å²) in [5, 5.41) is 1.06. The number of rotatable bonds is 4. The Kier molecular flexibility index (Phi) is 3.25. The quantitative estimate of drug-likeness (QED) is 0.788. The molecule has 0 atom stereocenters. The second-order valence-electron chi connectivity index (χ2n) is 3.36. The van der Waals surface area contributed by atoms with Gasteiger partial charge in [-0.2, -0.15) is 0 Å². The smallest absolute Gasteiger partial charge is 0.163 e. The molecule has 0 unspecified atom stereocenters. The Balaban J connectivity index is 2.51. The lowest BCUT2D eigenvalue weighted by Gasteiger charge is -2.11. The van der Waals surface area contributed by atoms with Crippen molar-refractivity contribution >= 4 is 10.9 Å². The first-order valence-corrected chi connectivity index (χ1v) is 5.49. The second-order valence-corrected chi connectivity index (χ2v) is 3.36. The van der Waals surface area contributed by atoms with Crippen LogP contribution in [0.2, 0.25) is 0 Å². The summed E-state index contributed by atoms with van der Waals surface area (Å²) in [4.78, 5) is 4.29. The Labute approximate surface area is 95.0 Å². The Bertz CT molecular complexity index is 438. The molecular formula is C13H15NO2. The lowest BCUT2D eigenvalue weighted by Crippen LogP contribution is -1.98. The van der Waals surface area contributed by atoms with Crippen molar-refractivity contribution in [3.8, 4) is 11.5 Å². The topological polar surface area (TPSA) is 31.4 Å². The van der Waals surface area contributed by atoms with Crippen molar-refractivity contribution in [1.82, 2.24) is 4.98 Å². The van der Waals surface area contributed by atoms with Crippen LogP contribution in [0.25, 0.3) is 10.9 Å². The molecule has 1 aromatic heterocycles. The third kappa shape index (κ3) is 2.08. The van der Waals surface area contributed by atoms with E-state index in [-0.39, 0.29) is 0 Å². The lowest BCUT2D eigenvalue weighted by atomic mass is 10.2. The summed E-state index contributed by atoms with van der Waals surface area (Å²) in [6, 6.07) is 7.82. The fourth-order valence-electron chi connectivity index (χ4n) is 1.62. The standard InChI is InChI=1S/C13H15NO2/c1-3-15-12-8-10-6-5-7-14-11(10)9-13(12)16-4-2/h5-9H,3-4H2,1-2H3. The van der Waals surface area contributed by atoms with Crippen molar-refractivity contribution in [1.29, 1.82) is 0 Å². The van der Waals surface area contributed by atoms with Crippen LogP contribution in [0.5, 0.6) is 11.5 Å². The molecular weight excluding hydrogens is 202 g/mol. The van der Waals surface area contributed by atoms with E-state index in [9.17, 15) is 0 Å². The maximum atomic E-state index is 5.54. The van der Waals surface area contributed by atoms with Crippen LogP contribution in [-0.4, -0.2) is 18.2 Å². The molecule has 3 heteroatoms. The Morgan fingerprint density at radius 3 is 2.44 bits per heavy atom. The number of benzene rings is 1. The maximum absolute atomic E-state index is 5.54. The molecule has 0 amide bonds. The van der Waals surface area contributed by atoms with Crippen LogP contribution in [0.4, 0.5) is 0 Å². The number of hydrogen-bond acceptors (Lipinski definition) is 3. The molecule has 0 spiro atoms. The van der Waals surface area contributed by atoms with Crippen molar-refractivity contribution in [2.45, 2.75) is 13.8 Å². The largest absolute Gasteiger partial charge is 0.490 e. The minimum Gasteiger partial charge on any atom is -0.490 e. The van der Waals surface area contributed by atoms with Crippen molar-refractivity contribution in [2.75, 3.05) is 13.2 Å². The van der Waals surface area contributed by atoms with E-state index in [0.29, 0.717) is 13.2 Å². The first kappa shape index (κ1) is 10.7. The van der Waals surface area contributed by atoms with Crippen LogP contribution >= 0.6 is 0 Å². The molecule has 0 aliphatic heterocycles. The number of aromatic nitrogens is 1. The summed E-state index contributed by atoms with van der Waals surface area (Å²) in [6.45, 7) is 5.17. The highest BCUT2D eigenvalue weighted by Crippen LogP contribution is 2.31. The van der Waals surface area contributed by atoms with E-state index in [1.54, 1.807) is 6.20 Å². The van der Waals surface area contributed by atoms with Gasteiger partial charge in [-0.05, 0) is 26.0 Å². The minimum absolute atomic E-state index is 0.623. The van der Waals surface area contributed by atoms with Gasteiger partial charge in [-0.25, -0.2) is 0 Å². The van der Waals surface area contributed by atoms with Gasteiger partial charge in [-0.15, -0.1) is 0 Å². The van der Waals surface area contributed by atoms with Gasteiger partial charge in [0, 0.05) is 17.6 Å². The SMILES string of the molecule is CCOc1cc2cccnc2cc1OCC. The highest BCUT2D eigenvalue weighted by atomic mass is 16.5. The summed E-state index contributed by atoms with van der Waals surface area (Å²) < 4.78 is 11.1.